The fourth-order valence-electron chi connectivity index (χ4n) is 1.19. The summed E-state index contributed by atoms with van der Waals surface area (Å²) < 4.78 is 0. The van der Waals surface area contributed by atoms with Crippen molar-refractivity contribution < 1.29 is 9.72 Å². The van der Waals surface area contributed by atoms with Gasteiger partial charge in [-0.15, -0.1) is 11.3 Å². The molecule has 1 aromatic heterocycles. The summed E-state index contributed by atoms with van der Waals surface area (Å²) in [6.07, 6.45) is 0. The Labute approximate surface area is 100 Å². The number of hydrogen-bond acceptors (Lipinski definition) is 5. The van der Waals surface area contributed by atoms with Crippen LogP contribution in [-0.4, -0.2) is 15.8 Å². The highest BCUT2D eigenvalue weighted by atomic mass is 32.1. The molecule has 2 rings (SSSR count). The minimum Gasteiger partial charge on any atom is -0.321 e. The number of nitro groups is 1. The van der Waals surface area contributed by atoms with Gasteiger partial charge in [-0.3, -0.25) is 14.9 Å². The number of nitro benzene ring substituents is 1. The van der Waals surface area contributed by atoms with Crippen LogP contribution < -0.4 is 5.32 Å². The molecule has 0 aliphatic rings. The maximum absolute atomic E-state index is 11.6. The molecule has 1 amide bonds. The lowest BCUT2D eigenvalue weighted by atomic mass is 10.3. The van der Waals surface area contributed by atoms with Gasteiger partial charge in [0.15, 0.2) is 0 Å². The van der Waals surface area contributed by atoms with E-state index in [2.05, 4.69) is 10.3 Å². The molecule has 1 aromatic carbocycles. The molecule has 0 bridgehead atoms. The number of nitrogens with zero attached hydrogens (tertiary/aromatic N) is 2. The zero-order valence-electron chi connectivity index (χ0n) is 8.49. The highest BCUT2D eigenvalue weighted by molar-refractivity contribution is 7.07. The van der Waals surface area contributed by atoms with Gasteiger partial charge in [-0.05, 0) is 12.1 Å². The van der Waals surface area contributed by atoms with Crippen molar-refractivity contribution in [1.29, 1.82) is 0 Å². The van der Waals surface area contributed by atoms with E-state index in [-0.39, 0.29) is 11.6 Å². The van der Waals surface area contributed by atoms with Gasteiger partial charge in [-0.1, -0.05) is 0 Å². The van der Waals surface area contributed by atoms with E-state index in [0.29, 0.717) is 11.4 Å². The Morgan fingerprint density at radius 3 is 2.59 bits per heavy atom. The fourth-order valence-corrected chi connectivity index (χ4v) is 1.72. The lowest BCUT2D eigenvalue weighted by molar-refractivity contribution is -0.384. The van der Waals surface area contributed by atoms with Crippen molar-refractivity contribution >= 4 is 28.6 Å². The molecule has 86 valence electrons. The summed E-state index contributed by atoms with van der Waals surface area (Å²) in [5, 5.41) is 14.6. The average molecular weight is 249 g/mol. The van der Waals surface area contributed by atoms with E-state index in [1.165, 1.54) is 35.6 Å². The van der Waals surface area contributed by atoms with Gasteiger partial charge in [0.2, 0.25) is 0 Å². The van der Waals surface area contributed by atoms with E-state index in [4.69, 9.17) is 0 Å². The third-order valence-corrected chi connectivity index (χ3v) is 2.59. The minimum absolute atomic E-state index is 0.0170. The third kappa shape index (κ3) is 2.64. The molecule has 0 aliphatic heterocycles. The van der Waals surface area contributed by atoms with Crippen molar-refractivity contribution in [3.05, 3.63) is 51.0 Å². The average Bonchev–Trinajstić information content (AvgIpc) is 2.83. The molecule has 0 aliphatic carbocycles. The van der Waals surface area contributed by atoms with Crippen LogP contribution in [0.15, 0.2) is 35.2 Å². The van der Waals surface area contributed by atoms with Crippen LogP contribution in [0.25, 0.3) is 0 Å². The molecule has 2 aromatic rings. The van der Waals surface area contributed by atoms with Crippen LogP contribution in [-0.2, 0) is 0 Å². The molecular formula is C10H7N3O3S. The Hall–Kier alpha value is -2.28. The third-order valence-electron chi connectivity index (χ3n) is 2.00. The Balaban J connectivity index is 2.09. The Morgan fingerprint density at radius 2 is 2.06 bits per heavy atom. The lowest BCUT2D eigenvalue weighted by Gasteiger charge is -2.02. The molecule has 1 heterocycles. The topological polar surface area (TPSA) is 85.1 Å². The lowest BCUT2D eigenvalue weighted by Crippen LogP contribution is -2.11. The van der Waals surface area contributed by atoms with E-state index in [1.807, 2.05) is 0 Å². The number of benzene rings is 1. The largest absolute Gasteiger partial charge is 0.321 e. The fraction of sp³-hybridized carbons (Fsp3) is 0. The molecule has 0 unspecified atom stereocenters. The molecule has 0 saturated carbocycles. The van der Waals surface area contributed by atoms with Gasteiger partial charge in [0.05, 0.1) is 10.4 Å². The maximum Gasteiger partial charge on any atom is 0.275 e. The summed E-state index contributed by atoms with van der Waals surface area (Å²) in [6, 6.07) is 5.61. The van der Waals surface area contributed by atoms with E-state index >= 15 is 0 Å². The normalized spacial score (nSPS) is 9.88. The molecule has 0 spiro atoms. The summed E-state index contributed by atoms with van der Waals surface area (Å²) in [4.78, 5) is 25.4. The summed E-state index contributed by atoms with van der Waals surface area (Å²) in [5.41, 5.74) is 2.36. The van der Waals surface area contributed by atoms with Crippen LogP contribution in [0.1, 0.15) is 10.5 Å². The molecule has 0 atom stereocenters. The molecule has 0 radical (unpaired) electrons. The van der Waals surface area contributed by atoms with Crippen LogP contribution in [0.3, 0.4) is 0 Å². The summed E-state index contributed by atoms with van der Waals surface area (Å²) >= 11 is 1.32. The first-order chi connectivity index (χ1) is 8.16. The van der Waals surface area contributed by atoms with Gasteiger partial charge >= 0.3 is 0 Å². The number of thiazole rings is 1. The summed E-state index contributed by atoms with van der Waals surface area (Å²) in [6.45, 7) is 0. The van der Waals surface area contributed by atoms with Gasteiger partial charge in [-0.25, -0.2) is 4.98 Å². The second-order valence-electron chi connectivity index (χ2n) is 3.13. The van der Waals surface area contributed by atoms with Gasteiger partial charge in [-0.2, -0.15) is 0 Å². The van der Waals surface area contributed by atoms with Crippen molar-refractivity contribution in [1.82, 2.24) is 4.98 Å². The second kappa shape index (κ2) is 4.71. The number of anilines is 1. The van der Waals surface area contributed by atoms with Gasteiger partial charge in [0.25, 0.3) is 11.6 Å². The quantitative estimate of drug-likeness (QED) is 0.668. The number of nitrogens with one attached hydrogen (secondary N) is 1. The van der Waals surface area contributed by atoms with Crippen LogP contribution in [0.4, 0.5) is 11.4 Å². The maximum atomic E-state index is 11.6. The standard InChI is InChI=1S/C10H7N3O3S/c14-10(9-5-17-6-11-9)12-7-1-3-8(4-2-7)13(15)16/h1-6H,(H,12,14). The van der Waals surface area contributed by atoms with Gasteiger partial charge in [0.1, 0.15) is 5.69 Å². The number of hydrogen-bond donors (Lipinski definition) is 1. The predicted octanol–water partition coefficient (Wildman–Crippen LogP) is 2.30. The monoisotopic (exact) mass is 249 g/mol. The minimum atomic E-state index is -0.494. The zero-order valence-corrected chi connectivity index (χ0v) is 9.31. The summed E-state index contributed by atoms with van der Waals surface area (Å²) in [5.74, 6) is -0.333. The zero-order chi connectivity index (χ0) is 12.3. The van der Waals surface area contributed by atoms with Gasteiger partial charge < -0.3 is 5.32 Å². The van der Waals surface area contributed by atoms with Crippen LogP contribution in [0, 0.1) is 10.1 Å². The van der Waals surface area contributed by atoms with Gasteiger partial charge in [0, 0.05) is 23.2 Å². The number of amides is 1. The number of carbonyl (C=O) groups excluding carboxylic acids is 1. The Bertz CT molecular complexity index is 536. The van der Waals surface area contributed by atoms with E-state index in [0.717, 1.165) is 0 Å². The second-order valence-corrected chi connectivity index (χ2v) is 3.85. The molecule has 0 saturated heterocycles. The van der Waals surface area contributed by atoms with Crippen molar-refractivity contribution in [3.8, 4) is 0 Å². The molecule has 1 N–H and O–H groups in total. The highest BCUT2D eigenvalue weighted by Gasteiger charge is 2.09. The van der Waals surface area contributed by atoms with Crippen LogP contribution in [0.2, 0.25) is 0 Å². The number of aromatic nitrogens is 1. The van der Waals surface area contributed by atoms with E-state index in [9.17, 15) is 14.9 Å². The van der Waals surface area contributed by atoms with Crippen molar-refractivity contribution in [2.75, 3.05) is 5.32 Å². The van der Waals surface area contributed by atoms with E-state index < -0.39 is 4.92 Å². The molecular weight excluding hydrogens is 242 g/mol. The van der Waals surface area contributed by atoms with Crippen LogP contribution >= 0.6 is 11.3 Å². The molecule has 7 heteroatoms. The first-order valence-electron chi connectivity index (χ1n) is 4.61. The smallest absolute Gasteiger partial charge is 0.275 e. The summed E-state index contributed by atoms with van der Waals surface area (Å²) in [7, 11) is 0. The van der Waals surface area contributed by atoms with E-state index in [1.54, 1.807) is 10.9 Å². The first-order valence-corrected chi connectivity index (χ1v) is 5.55. The SMILES string of the molecule is O=C(Nc1ccc([N+](=O)[O-])cc1)c1cscn1. The number of non-ortho nitro benzene ring substituents is 1. The highest BCUT2D eigenvalue weighted by Crippen LogP contribution is 2.16. The molecule has 0 fully saturated rings. The predicted molar refractivity (Wildman–Crippen MR) is 63.2 cm³/mol. The van der Waals surface area contributed by atoms with Crippen molar-refractivity contribution in [2.24, 2.45) is 0 Å². The molecule has 6 nitrogen and oxygen atoms in total. The van der Waals surface area contributed by atoms with Crippen LogP contribution in [0.5, 0.6) is 0 Å². The van der Waals surface area contributed by atoms with Crippen molar-refractivity contribution in [2.45, 2.75) is 0 Å². The molecule has 17 heavy (non-hydrogen) atoms. The Kier molecular flexibility index (Phi) is 3.10. The number of rotatable bonds is 3. The van der Waals surface area contributed by atoms with Crippen molar-refractivity contribution in [3.63, 3.8) is 0 Å². The Morgan fingerprint density at radius 1 is 1.35 bits per heavy atom. The first kappa shape index (κ1) is 11.2. The number of carbonyl (C=O) groups is 1.